The number of rotatable bonds is 5. The number of piperazine rings is 1. The Labute approximate surface area is 176 Å². The van der Waals surface area contributed by atoms with Crippen molar-refractivity contribution in [1.29, 1.82) is 0 Å². The molecule has 1 atom stereocenters. The highest BCUT2D eigenvalue weighted by Crippen LogP contribution is 2.28. The van der Waals surface area contributed by atoms with Crippen molar-refractivity contribution in [2.45, 2.75) is 19.0 Å². The predicted molar refractivity (Wildman–Crippen MR) is 112 cm³/mol. The van der Waals surface area contributed by atoms with Gasteiger partial charge < -0.3 is 10.2 Å². The summed E-state index contributed by atoms with van der Waals surface area (Å²) in [5, 5.41) is 2.75. The van der Waals surface area contributed by atoms with Gasteiger partial charge in [-0.15, -0.1) is 0 Å². The molecule has 30 heavy (non-hydrogen) atoms. The Morgan fingerprint density at radius 2 is 1.53 bits per heavy atom. The van der Waals surface area contributed by atoms with E-state index < -0.39 is 17.5 Å². The van der Waals surface area contributed by atoms with Crippen LogP contribution in [0.5, 0.6) is 0 Å². The molecular formula is C23H26N4O3. The van der Waals surface area contributed by atoms with Gasteiger partial charge in [-0.25, -0.2) is 4.79 Å². The van der Waals surface area contributed by atoms with E-state index in [0.29, 0.717) is 18.7 Å². The van der Waals surface area contributed by atoms with Crippen molar-refractivity contribution in [3.05, 3.63) is 71.8 Å². The van der Waals surface area contributed by atoms with Gasteiger partial charge in [0, 0.05) is 32.7 Å². The molecule has 2 aromatic carbocycles. The van der Waals surface area contributed by atoms with E-state index in [2.05, 4.69) is 22.3 Å². The van der Waals surface area contributed by atoms with Crippen molar-refractivity contribution in [1.82, 2.24) is 20.0 Å². The summed E-state index contributed by atoms with van der Waals surface area (Å²) in [4.78, 5) is 43.3. The van der Waals surface area contributed by atoms with E-state index in [4.69, 9.17) is 0 Å². The normalized spacial score (nSPS) is 22.3. The lowest BCUT2D eigenvalue weighted by Gasteiger charge is -2.35. The molecular weight excluding hydrogens is 380 g/mol. The zero-order chi connectivity index (χ0) is 21.1. The maximum Gasteiger partial charge on any atom is 0.325 e. The number of hydrogen-bond donors (Lipinski definition) is 1. The summed E-state index contributed by atoms with van der Waals surface area (Å²) in [6.45, 7) is 5.01. The number of carbonyl (C=O) groups is 3. The molecule has 0 spiro atoms. The molecule has 7 nitrogen and oxygen atoms in total. The van der Waals surface area contributed by atoms with Crippen LogP contribution < -0.4 is 5.32 Å². The Morgan fingerprint density at radius 3 is 2.17 bits per heavy atom. The van der Waals surface area contributed by atoms with Crippen LogP contribution in [-0.4, -0.2) is 65.3 Å². The molecule has 2 aliphatic rings. The Hall–Kier alpha value is -3.19. The summed E-state index contributed by atoms with van der Waals surface area (Å²) >= 11 is 0. The quantitative estimate of drug-likeness (QED) is 0.769. The molecule has 0 aliphatic carbocycles. The SMILES string of the molecule is CC1(c2ccccc2)NC(=O)N(CC(=O)N2CCN(Cc3ccccc3)CC2)C1=O. The molecule has 1 unspecified atom stereocenters. The number of nitrogens with zero attached hydrogens (tertiary/aromatic N) is 3. The monoisotopic (exact) mass is 406 g/mol. The van der Waals surface area contributed by atoms with Crippen LogP contribution in [0.2, 0.25) is 0 Å². The van der Waals surface area contributed by atoms with Crippen molar-refractivity contribution >= 4 is 17.8 Å². The molecule has 2 fully saturated rings. The highest BCUT2D eigenvalue weighted by molar-refractivity contribution is 6.09. The van der Waals surface area contributed by atoms with Crippen LogP contribution in [0, 0.1) is 0 Å². The lowest BCUT2D eigenvalue weighted by Crippen LogP contribution is -2.51. The largest absolute Gasteiger partial charge is 0.339 e. The van der Waals surface area contributed by atoms with Crippen LogP contribution in [-0.2, 0) is 21.7 Å². The van der Waals surface area contributed by atoms with Gasteiger partial charge in [0.1, 0.15) is 12.1 Å². The minimum atomic E-state index is -1.15. The van der Waals surface area contributed by atoms with Gasteiger partial charge in [0.25, 0.3) is 5.91 Å². The van der Waals surface area contributed by atoms with Crippen molar-refractivity contribution in [3.63, 3.8) is 0 Å². The second-order valence-electron chi connectivity index (χ2n) is 7.96. The van der Waals surface area contributed by atoms with Crippen molar-refractivity contribution in [2.24, 2.45) is 0 Å². The molecule has 2 aliphatic heterocycles. The number of benzene rings is 2. The van der Waals surface area contributed by atoms with Crippen molar-refractivity contribution in [2.75, 3.05) is 32.7 Å². The fourth-order valence-electron chi connectivity index (χ4n) is 4.04. The first-order valence-electron chi connectivity index (χ1n) is 10.2. The molecule has 1 N–H and O–H groups in total. The smallest absolute Gasteiger partial charge is 0.325 e. The first-order chi connectivity index (χ1) is 14.5. The fraction of sp³-hybridized carbons (Fsp3) is 0.348. The van der Waals surface area contributed by atoms with Gasteiger partial charge in [-0.05, 0) is 18.1 Å². The third kappa shape index (κ3) is 3.93. The maximum atomic E-state index is 13.0. The molecule has 0 saturated carbocycles. The molecule has 2 saturated heterocycles. The molecule has 4 rings (SSSR count). The molecule has 2 heterocycles. The molecule has 4 amide bonds. The van der Waals surface area contributed by atoms with Gasteiger partial charge in [-0.1, -0.05) is 60.7 Å². The summed E-state index contributed by atoms with van der Waals surface area (Å²) in [6, 6.07) is 18.8. The minimum absolute atomic E-state index is 0.199. The van der Waals surface area contributed by atoms with Crippen LogP contribution in [0.25, 0.3) is 0 Å². The van der Waals surface area contributed by atoms with Crippen molar-refractivity contribution in [3.8, 4) is 0 Å². The standard InChI is InChI=1S/C23H26N4O3/c1-23(19-10-6-3-7-11-19)21(29)27(22(30)24-23)17-20(28)26-14-12-25(13-15-26)16-18-8-4-2-5-9-18/h2-11H,12-17H2,1H3,(H,24,30). The van der Waals surface area contributed by atoms with Crippen LogP contribution in [0.15, 0.2) is 60.7 Å². The van der Waals surface area contributed by atoms with E-state index >= 15 is 0 Å². The number of hydrogen-bond acceptors (Lipinski definition) is 4. The number of imide groups is 1. The lowest BCUT2D eigenvalue weighted by atomic mass is 9.92. The summed E-state index contributed by atoms with van der Waals surface area (Å²) in [7, 11) is 0. The first-order valence-corrected chi connectivity index (χ1v) is 10.2. The molecule has 0 aromatic heterocycles. The van der Waals surface area contributed by atoms with Gasteiger partial charge in [0.2, 0.25) is 5.91 Å². The number of amides is 4. The Balaban J connectivity index is 1.34. The summed E-state index contributed by atoms with van der Waals surface area (Å²) in [6.07, 6.45) is 0. The number of nitrogens with one attached hydrogen (secondary N) is 1. The minimum Gasteiger partial charge on any atom is -0.339 e. The second-order valence-corrected chi connectivity index (χ2v) is 7.96. The Morgan fingerprint density at radius 1 is 0.933 bits per heavy atom. The van der Waals surface area contributed by atoms with Crippen molar-refractivity contribution < 1.29 is 14.4 Å². The van der Waals surface area contributed by atoms with E-state index in [0.717, 1.165) is 24.5 Å². The fourth-order valence-corrected chi connectivity index (χ4v) is 4.04. The molecule has 0 radical (unpaired) electrons. The maximum absolute atomic E-state index is 13.0. The summed E-state index contributed by atoms with van der Waals surface area (Å²) < 4.78 is 0. The zero-order valence-corrected chi connectivity index (χ0v) is 17.1. The highest BCUT2D eigenvalue weighted by Gasteiger charge is 2.49. The highest BCUT2D eigenvalue weighted by atomic mass is 16.2. The van der Waals surface area contributed by atoms with Crippen LogP contribution in [0.3, 0.4) is 0 Å². The molecule has 7 heteroatoms. The third-order valence-electron chi connectivity index (χ3n) is 5.89. The van der Waals surface area contributed by atoms with Crippen LogP contribution >= 0.6 is 0 Å². The average Bonchev–Trinajstić information content (AvgIpc) is 2.99. The van der Waals surface area contributed by atoms with E-state index in [1.807, 2.05) is 36.4 Å². The third-order valence-corrected chi connectivity index (χ3v) is 5.89. The first kappa shape index (κ1) is 20.1. The van der Waals surface area contributed by atoms with E-state index in [1.54, 1.807) is 24.0 Å². The Bertz CT molecular complexity index is 926. The molecule has 0 bridgehead atoms. The molecule has 2 aromatic rings. The van der Waals surface area contributed by atoms with Gasteiger partial charge in [-0.3, -0.25) is 19.4 Å². The van der Waals surface area contributed by atoms with Crippen LogP contribution in [0.1, 0.15) is 18.1 Å². The van der Waals surface area contributed by atoms with E-state index in [9.17, 15) is 14.4 Å². The Kier molecular flexibility index (Phi) is 5.55. The summed E-state index contributed by atoms with van der Waals surface area (Å²) in [5.41, 5.74) is 0.803. The van der Waals surface area contributed by atoms with Gasteiger partial charge >= 0.3 is 6.03 Å². The van der Waals surface area contributed by atoms with Gasteiger partial charge in [0.15, 0.2) is 0 Å². The predicted octanol–water partition coefficient (Wildman–Crippen LogP) is 1.80. The molecule has 156 valence electrons. The van der Waals surface area contributed by atoms with E-state index in [1.165, 1.54) is 5.56 Å². The second kappa shape index (κ2) is 8.28. The average molecular weight is 406 g/mol. The topological polar surface area (TPSA) is 73.0 Å². The van der Waals surface area contributed by atoms with Gasteiger partial charge in [0.05, 0.1) is 0 Å². The van der Waals surface area contributed by atoms with Gasteiger partial charge in [-0.2, -0.15) is 0 Å². The van der Waals surface area contributed by atoms with Crippen LogP contribution in [0.4, 0.5) is 4.79 Å². The van der Waals surface area contributed by atoms with E-state index in [-0.39, 0.29) is 12.5 Å². The lowest BCUT2D eigenvalue weighted by molar-refractivity contribution is -0.139. The number of urea groups is 1. The summed E-state index contributed by atoms with van der Waals surface area (Å²) in [5.74, 6) is -0.593. The zero-order valence-electron chi connectivity index (χ0n) is 17.1. The number of carbonyl (C=O) groups excluding carboxylic acids is 3.